The van der Waals surface area contributed by atoms with Crippen LogP contribution in [0.25, 0.3) is 0 Å². The van der Waals surface area contributed by atoms with Gasteiger partial charge in [0.2, 0.25) is 6.41 Å². The average Bonchev–Trinajstić information content (AvgIpc) is 3.19. The summed E-state index contributed by atoms with van der Waals surface area (Å²) in [6.07, 6.45) is 11.1. The molecule has 2 rings (SSSR count). The predicted molar refractivity (Wildman–Crippen MR) is 116 cm³/mol. The lowest BCUT2D eigenvalue weighted by atomic mass is 10.2. The SMILES string of the molecule is C=C/C=C(\C=C/C)COc1ccc(CNC=O)cc1.CC.CC1CCCN1. The Kier molecular flexibility index (Phi) is 15.6. The maximum atomic E-state index is 10.2. The maximum absolute atomic E-state index is 10.2. The molecule has 1 aromatic carbocycles. The van der Waals surface area contributed by atoms with Gasteiger partial charge in [-0.1, -0.05) is 56.9 Å². The minimum absolute atomic E-state index is 0.502. The second-order valence-electron chi connectivity index (χ2n) is 5.91. The molecule has 1 atom stereocenters. The highest BCUT2D eigenvalue weighted by atomic mass is 16.5. The van der Waals surface area contributed by atoms with Gasteiger partial charge in [0.05, 0.1) is 0 Å². The van der Waals surface area contributed by atoms with Crippen LogP contribution in [0.15, 0.2) is 60.7 Å². The Labute approximate surface area is 165 Å². The molecule has 1 aliphatic rings. The van der Waals surface area contributed by atoms with Crippen molar-refractivity contribution in [1.29, 1.82) is 0 Å². The van der Waals surface area contributed by atoms with Crippen LogP contribution in [-0.2, 0) is 11.3 Å². The summed E-state index contributed by atoms with van der Waals surface area (Å²) in [4.78, 5) is 10.2. The molecule has 1 saturated heterocycles. The van der Waals surface area contributed by atoms with Gasteiger partial charge < -0.3 is 15.4 Å². The van der Waals surface area contributed by atoms with E-state index < -0.39 is 0 Å². The van der Waals surface area contributed by atoms with Crippen LogP contribution in [0.2, 0.25) is 0 Å². The van der Waals surface area contributed by atoms with Crippen molar-refractivity contribution < 1.29 is 9.53 Å². The standard InChI is InChI=1S/C16H19NO2.C5H11N.C2H6/c1-3-5-15(6-4-2)12-19-16-9-7-14(8-10-16)11-17-13-18;1-5-3-2-4-6-5;1-2/h3-10,13H,1,11-12H2,2H3,(H,17,18);5-6H,2-4H2,1H3;1-2H3/b6-4-,15-5+;;. The first-order valence-electron chi connectivity index (χ1n) is 9.76. The fraction of sp³-hybridized carbons (Fsp3) is 0.435. The number of carbonyl (C=O) groups is 1. The predicted octanol–water partition coefficient (Wildman–Crippen LogP) is 4.78. The van der Waals surface area contributed by atoms with Crippen LogP contribution in [0.4, 0.5) is 0 Å². The van der Waals surface area contributed by atoms with Crippen LogP contribution in [0, 0.1) is 0 Å². The number of allylic oxidation sites excluding steroid dienone is 3. The van der Waals surface area contributed by atoms with E-state index in [1.54, 1.807) is 6.08 Å². The summed E-state index contributed by atoms with van der Waals surface area (Å²) in [6, 6.07) is 8.44. The van der Waals surface area contributed by atoms with Crippen LogP contribution in [0.3, 0.4) is 0 Å². The fourth-order valence-corrected chi connectivity index (χ4v) is 2.41. The average molecular weight is 373 g/mol. The first-order valence-corrected chi connectivity index (χ1v) is 9.76. The molecule has 0 spiro atoms. The van der Waals surface area contributed by atoms with E-state index in [1.807, 2.05) is 63.3 Å². The molecule has 2 N–H and O–H groups in total. The molecule has 0 saturated carbocycles. The lowest BCUT2D eigenvalue weighted by Crippen LogP contribution is -2.16. The smallest absolute Gasteiger partial charge is 0.207 e. The van der Waals surface area contributed by atoms with Gasteiger partial charge in [-0.3, -0.25) is 4.79 Å². The summed E-state index contributed by atoms with van der Waals surface area (Å²) in [5.41, 5.74) is 2.10. The second-order valence-corrected chi connectivity index (χ2v) is 5.91. The number of amides is 1. The van der Waals surface area contributed by atoms with E-state index in [0.29, 0.717) is 19.6 Å². The topological polar surface area (TPSA) is 50.4 Å². The third-order valence-corrected chi connectivity index (χ3v) is 3.74. The molecule has 1 aliphatic heterocycles. The molecule has 4 nitrogen and oxygen atoms in total. The lowest BCUT2D eigenvalue weighted by molar-refractivity contribution is -0.109. The number of hydrogen-bond acceptors (Lipinski definition) is 3. The highest BCUT2D eigenvalue weighted by molar-refractivity contribution is 5.46. The van der Waals surface area contributed by atoms with Crippen molar-refractivity contribution in [1.82, 2.24) is 10.6 Å². The van der Waals surface area contributed by atoms with Gasteiger partial charge in [-0.2, -0.15) is 0 Å². The zero-order valence-corrected chi connectivity index (χ0v) is 17.3. The van der Waals surface area contributed by atoms with E-state index in [1.165, 1.54) is 19.4 Å². The van der Waals surface area contributed by atoms with E-state index in [2.05, 4.69) is 24.1 Å². The lowest BCUT2D eigenvalue weighted by Gasteiger charge is -2.07. The van der Waals surface area contributed by atoms with E-state index in [-0.39, 0.29) is 0 Å². The number of hydrogen-bond donors (Lipinski definition) is 2. The summed E-state index contributed by atoms with van der Waals surface area (Å²) in [5, 5.41) is 5.94. The monoisotopic (exact) mass is 372 g/mol. The zero-order chi connectivity index (χ0) is 20.3. The third kappa shape index (κ3) is 12.6. The molecular weight excluding hydrogens is 336 g/mol. The first kappa shape index (κ1) is 24.7. The number of rotatable bonds is 8. The molecule has 1 aromatic rings. The summed E-state index contributed by atoms with van der Waals surface area (Å²) in [5.74, 6) is 0.800. The summed E-state index contributed by atoms with van der Waals surface area (Å²) >= 11 is 0. The van der Waals surface area contributed by atoms with Crippen molar-refractivity contribution in [3.05, 3.63) is 66.3 Å². The molecule has 1 heterocycles. The highest BCUT2D eigenvalue weighted by Crippen LogP contribution is 2.13. The van der Waals surface area contributed by atoms with Crippen LogP contribution >= 0.6 is 0 Å². The van der Waals surface area contributed by atoms with Gasteiger partial charge in [-0.15, -0.1) is 0 Å². The van der Waals surface area contributed by atoms with Crippen LogP contribution in [0.1, 0.15) is 46.1 Å². The van der Waals surface area contributed by atoms with E-state index >= 15 is 0 Å². The van der Waals surface area contributed by atoms with Gasteiger partial charge in [-0.05, 0) is 56.5 Å². The van der Waals surface area contributed by atoms with Crippen LogP contribution in [-0.4, -0.2) is 25.6 Å². The number of benzene rings is 1. The van der Waals surface area contributed by atoms with Gasteiger partial charge in [0.1, 0.15) is 12.4 Å². The van der Waals surface area contributed by atoms with Gasteiger partial charge in [0.25, 0.3) is 0 Å². The number of carbonyl (C=O) groups excluding carboxylic acids is 1. The Balaban J connectivity index is 0.000000702. The second kappa shape index (κ2) is 17.1. The fourth-order valence-electron chi connectivity index (χ4n) is 2.41. The Morgan fingerprint density at radius 1 is 1.33 bits per heavy atom. The van der Waals surface area contributed by atoms with Gasteiger partial charge >= 0.3 is 0 Å². The first-order chi connectivity index (χ1) is 13.2. The third-order valence-electron chi connectivity index (χ3n) is 3.74. The Morgan fingerprint density at radius 3 is 2.48 bits per heavy atom. The largest absolute Gasteiger partial charge is 0.489 e. The molecule has 4 heteroatoms. The number of nitrogens with one attached hydrogen (secondary N) is 2. The molecule has 0 aliphatic carbocycles. The van der Waals surface area contributed by atoms with E-state index in [4.69, 9.17) is 4.74 Å². The Bertz CT molecular complexity index is 556. The Hall–Kier alpha value is -2.33. The summed E-state index contributed by atoms with van der Waals surface area (Å²) < 4.78 is 5.68. The van der Waals surface area contributed by atoms with E-state index in [0.717, 1.165) is 22.9 Å². The normalized spacial score (nSPS) is 15.9. The van der Waals surface area contributed by atoms with Crippen LogP contribution in [0.5, 0.6) is 5.75 Å². The quantitative estimate of drug-likeness (QED) is 0.510. The van der Waals surface area contributed by atoms with Gasteiger partial charge in [0.15, 0.2) is 0 Å². The molecule has 27 heavy (non-hydrogen) atoms. The summed E-state index contributed by atoms with van der Waals surface area (Å²) in [6.45, 7) is 14.1. The minimum Gasteiger partial charge on any atom is -0.489 e. The van der Waals surface area contributed by atoms with Crippen molar-refractivity contribution in [2.24, 2.45) is 0 Å². The molecule has 0 bridgehead atoms. The van der Waals surface area contributed by atoms with Crippen molar-refractivity contribution in [3.63, 3.8) is 0 Å². The van der Waals surface area contributed by atoms with Crippen molar-refractivity contribution in [2.45, 2.75) is 53.1 Å². The highest BCUT2D eigenvalue weighted by Gasteiger charge is 2.05. The van der Waals surface area contributed by atoms with Gasteiger partial charge in [0, 0.05) is 12.6 Å². The molecule has 0 aromatic heterocycles. The van der Waals surface area contributed by atoms with Gasteiger partial charge in [-0.25, -0.2) is 0 Å². The summed E-state index contributed by atoms with van der Waals surface area (Å²) in [7, 11) is 0. The minimum atomic E-state index is 0.502. The number of ether oxygens (including phenoxy) is 1. The zero-order valence-electron chi connectivity index (χ0n) is 17.3. The van der Waals surface area contributed by atoms with Crippen LogP contribution < -0.4 is 15.4 Å². The molecule has 1 amide bonds. The Morgan fingerprint density at radius 2 is 2.04 bits per heavy atom. The molecule has 1 fully saturated rings. The van der Waals surface area contributed by atoms with Crippen molar-refractivity contribution in [3.8, 4) is 5.75 Å². The molecule has 0 radical (unpaired) electrons. The molecular formula is C23H36N2O2. The molecule has 1 unspecified atom stereocenters. The molecule has 150 valence electrons. The maximum Gasteiger partial charge on any atom is 0.207 e. The van der Waals surface area contributed by atoms with Crippen molar-refractivity contribution >= 4 is 6.41 Å². The van der Waals surface area contributed by atoms with Crippen molar-refractivity contribution in [2.75, 3.05) is 13.2 Å². The van der Waals surface area contributed by atoms with E-state index in [9.17, 15) is 4.79 Å².